The van der Waals surface area contributed by atoms with Gasteiger partial charge in [-0.1, -0.05) is 12.1 Å². The van der Waals surface area contributed by atoms with E-state index < -0.39 is 41.9 Å². The molecule has 2 amide bonds. The molecule has 0 radical (unpaired) electrons. The van der Waals surface area contributed by atoms with Gasteiger partial charge in [0.05, 0.1) is 5.56 Å². The number of nitrogens with zero attached hydrogens (tertiary/aromatic N) is 2. The van der Waals surface area contributed by atoms with Crippen molar-refractivity contribution in [2.75, 3.05) is 32.8 Å². The van der Waals surface area contributed by atoms with Crippen LogP contribution in [0.2, 0.25) is 0 Å². The molecule has 1 saturated heterocycles. The van der Waals surface area contributed by atoms with Crippen LogP contribution in [0.4, 0.5) is 13.2 Å². The van der Waals surface area contributed by atoms with Crippen molar-refractivity contribution in [3.63, 3.8) is 0 Å². The fourth-order valence-electron chi connectivity index (χ4n) is 2.52. The van der Waals surface area contributed by atoms with Crippen molar-refractivity contribution in [3.05, 3.63) is 35.4 Å². The largest absolute Gasteiger partial charge is 0.456 e. The highest BCUT2D eigenvalue weighted by Gasteiger charge is 2.33. The third-order valence-corrected chi connectivity index (χ3v) is 3.96. The number of ketones is 1. The zero-order valence-corrected chi connectivity index (χ0v) is 14.4. The first-order chi connectivity index (χ1) is 12.6. The van der Waals surface area contributed by atoms with Gasteiger partial charge in [0.1, 0.15) is 0 Å². The molecule has 2 rings (SSSR count). The maximum atomic E-state index is 12.7. The van der Waals surface area contributed by atoms with E-state index >= 15 is 0 Å². The second-order valence-corrected chi connectivity index (χ2v) is 5.86. The molecule has 1 heterocycles. The van der Waals surface area contributed by atoms with E-state index in [1.165, 1.54) is 16.7 Å². The Morgan fingerprint density at radius 2 is 1.63 bits per heavy atom. The number of piperazine rings is 1. The highest BCUT2D eigenvalue weighted by molar-refractivity contribution is 6.42. The number of benzene rings is 1. The summed E-state index contributed by atoms with van der Waals surface area (Å²) in [6.45, 7) is 1.11. The molecule has 0 N–H and O–H groups in total. The summed E-state index contributed by atoms with van der Waals surface area (Å²) in [7, 11) is 0. The molecule has 0 atom stereocenters. The Balaban J connectivity index is 1.96. The summed E-state index contributed by atoms with van der Waals surface area (Å²) in [6, 6.07) is 3.66. The van der Waals surface area contributed by atoms with Crippen molar-refractivity contribution in [2.45, 2.75) is 13.1 Å². The van der Waals surface area contributed by atoms with Crippen LogP contribution >= 0.6 is 0 Å². The zero-order chi connectivity index (χ0) is 20.2. The van der Waals surface area contributed by atoms with Gasteiger partial charge >= 0.3 is 12.1 Å². The minimum Gasteiger partial charge on any atom is -0.456 e. The van der Waals surface area contributed by atoms with Crippen molar-refractivity contribution in [2.24, 2.45) is 0 Å². The zero-order valence-electron chi connectivity index (χ0n) is 14.4. The minimum atomic E-state index is -4.62. The summed E-state index contributed by atoms with van der Waals surface area (Å²) in [5.74, 6) is -2.99. The Morgan fingerprint density at radius 3 is 2.19 bits per heavy atom. The standard InChI is InChI=1S/C17H17F3N2O5/c1-11(23)27-10-14(24)21-5-7-22(8-6-21)16(26)15(25)12-3-2-4-13(9-12)17(18,19)20/h2-4,9H,5-8,10H2,1H3. The lowest BCUT2D eigenvalue weighted by Crippen LogP contribution is -2.52. The number of hydrogen-bond donors (Lipinski definition) is 0. The Hall–Kier alpha value is -2.91. The summed E-state index contributed by atoms with van der Waals surface area (Å²) in [5.41, 5.74) is -1.36. The van der Waals surface area contributed by atoms with Crippen LogP contribution in [-0.2, 0) is 25.3 Å². The van der Waals surface area contributed by atoms with Crippen LogP contribution in [0.1, 0.15) is 22.8 Å². The van der Waals surface area contributed by atoms with Gasteiger partial charge in [-0.2, -0.15) is 13.2 Å². The number of Topliss-reactive ketones (excluding diaryl/α,β-unsaturated/α-hetero) is 1. The third kappa shape index (κ3) is 5.28. The van der Waals surface area contributed by atoms with Crippen LogP contribution in [0, 0.1) is 0 Å². The van der Waals surface area contributed by atoms with E-state index in [1.807, 2.05) is 0 Å². The first-order valence-corrected chi connectivity index (χ1v) is 8.01. The smallest absolute Gasteiger partial charge is 0.416 e. The summed E-state index contributed by atoms with van der Waals surface area (Å²) < 4.78 is 42.8. The summed E-state index contributed by atoms with van der Waals surface area (Å²) in [4.78, 5) is 49.6. The van der Waals surface area contributed by atoms with E-state index in [9.17, 15) is 32.3 Å². The van der Waals surface area contributed by atoms with Gasteiger partial charge in [-0.15, -0.1) is 0 Å². The number of rotatable bonds is 4. The Labute approximate surface area is 152 Å². The van der Waals surface area contributed by atoms with E-state index in [0.717, 1.165) is 18.2 Å². The van der Waals surface area contributed by atoms with Crippen LogP contribution in [-0.4, -0.2) is 66.2 Å². The predicted molar refractivity (Wildman–Crippen MR) is 85.6 cm³/mol. The highest BCUT2D eigenvalue weighted by Crippen LogP contribution is 2.29. The molecule has 1 aliphatic heterocycles. The maximum Gasteiger partial charge on any atom is 0.416 e. The summed E-state index contributed by atoms with van der Waals surface area (Å²) in [6.07, 6.45) is -4.62. The first-order valence-electron chi connectivity index (χ1n) is 8.01. The quantitative estimate of drug-likeness (QED) is 0.440. The number of ether oxygens (including phenoxy) is 1. The second kappa shape index (κ2) is 8.19. The Bertz CT molecular complexity index is 755. The number of hydrogen-bond acceptors (Lipinski definition) is 5. The number of alkyl halides is 3. The Kier molecular flexibility index (Phi) is 6.19. The second-order valence-electron chi connectivity index (χ2n) is 5.86. The molecule has 146 valence electrons. The van der Waals surface area contributed by atoms with Crippen molar-refractivity contribution in [3.8, 4) is 0 Å². The molecular weight excluding hydrogens is 369 g/mol. The molecule has 0 unspecified atom stereocenters. The van der Waals surface area contributed by atoms with Gasteiger partial charge in [0.2, 0.25) is 5.78 Å². The molecule has 27 heavy (non-hydrogen) atoms. The number of esters is 1. The van der Waals surface area contributed by atoms with Crippen molar-refractivity contribution >= 4 is 23.6 Å². The van der Waals surface area contributed by atoms with Crippen LogP contribution in [0.3, 0.4) is 0 Å². The molecular formula is C17H17F3N2O5. The topological polar surface area (TPSA) is 84.0 Å². The molecule has 0 saturated carbocycles. The molecule has 0 aromatic heterocycles. The number of amides is 2. The van der Waals surface area contributed by atoms with Crippen LogP contribution < -0.4 is 0 Å². The van der Waals surface area contributed by atoms with Gasteiger partial charge in [-0.25, -0.2) is 0 Å². The lowest BCUT2D eigenvalue weighted by Gasteiger charge is -2.34. The number of carbonyl (C=O) groups is 4. The van der Waals surface area contributed by atoms with Crippen LogP contribution in [0.15, 0.2) is 24.3 Å². The first kappa shape index (κ1) is 20.4. The number of halogens is 3. The van der Waals surface area contributed by atoms with Gasteiger partial charge in [0, 0.05) is 38.7 Å². The van der Waals surface area contributed by atoms with Gasteiger partial charge in [0.25, 0.3) is 11.8 Å². The van der Waals surface area contributed by atoms with E-state index in [-0.39, 0.29) is 31.7 Å². The van der Waals surface area contributed by atoms with Crippen molar-refractivity contribution in [1.29, 1.82) is 0 Å². The van der Waals surface area contributed by atoms with Gasteiger partial charge in [-0.3, -0.25) is 19.2 Å². The molecule has 1 aromatic carbocycles. The fourth-order valence-corrected chi connectivity index (χ4v) is 2.52. The summed E-state index contributed by atoms with van der Waals surface area (Å²) >= 11 is 0. The van der Waals surface area contributed by atoms with E-state index in [4.69, 9.17) is 0 Å². The third-order valence-electron chi connectivity index (χ3n) is 3.96. The number of carbonyl (C=O) groups excluding carboxylic acids is 4. The maximum absolute atomic E-state index is 12.7. The molecule has 10 heteroatoms. The van der Waals surface area contributed by atoms with E-state index in [1.54, 1.807) is 0 Å². The van der Waals surface area contributed by atoms with Gasteiger partial charge < -0.3 is 14.5 Å². The lowest BCUT2D eigenvalue weighted by molar-refractivity contribution is -0.151. The molecule has 1 fully saturated rings. The fraction of sp³-hybridized carbons (Fsp3) is 0.412. The van der Waals surface area contributed by atoms with E-state index in [0.29, 0.717) is 6.07 Å². The average Bonchev–Trinajstić information content (AvgIpc) is 2.64. The van der Waals surface area contributed by atoms with Crippen LogP contribution in [0.25, 0.3) is 0 Å². The molecule has 0 bridgehead atoms. The van der Waals surface area contributed by atoms with Gasteiger partial charge in [-0.05, 0) is 12.1 Å². The van der Waals surface area contributed by atoms with Crippen molar-refractivity contribution in [1.82, 2.24) is 9.80 Å². The molecule has 7 nitrogen and oxygen atoms in total. The van der Waals surface area contributed by atoms with Gasteiger partial charge in [0.15, 0.2) is 6.61 Å². The molecule has 1 aliphatic rings. The minimum absolute atomic E-state index is 0.0509. The SMILES string of the molecule is CC(=O)OCC(=O)N1CCN(C(=O)C(=O)c2cccc(C(F)(F)F)c2)CC1. The molecule has 1 aromatic rings. The van der Waals surface area contributed by atoms with Crippen LogP contribution in [0.5, 0.6) is 0 Å². The lowest BCUT2D eigenvalue weighted by atomic mass is 10.1. The Morgan fingerprint density at radius 1 is 1.04 bits per heavy atom. The average molecular weight is 386 g/mol. The predicted octanol–water partition coefficient (Wildman–Crippen LogP) is 1.12. The highest BCUT2D eigenvalue weighted by atomic mass is 19.4. The monoisotopic (exact) mass is 386 g/mol. The normalized spacial score (nSPS) is 14.7. The molecule has 0 spiro atoms. The van der Waals surface area contributed by atoms with Crippen molar-refractivity contribution < 1.29 is 37.1 Å². The summed E-state index contributed by atoms with van der Waals surface area (Å²) in [5, 5.41) is 0. The molecule has 0 aliphatic carbocycles. The van der Waals surface area contributed by atoms with E-state index in [2.05, 4.69) is 4.74 Å².